The molecular weight excluding hydrogens is 392 g/mol. The Kier molecular flexibility index (Phi) is 11.2. The fourth-order valence-electron chi connectivity index (χ4n) is 4.41. The van der Waals surface area contributed by atoms with Gasteiger partial charge >= 0.3 is 5.97 Å². The standard InChI is InChI=1S/C26H42O5/c1-4-5-6-7-8-9-10-11-12-13-14-15-16-17-26(28)20-21-18-22(29-2)19-23(30-3)24(21)25(27)31-26/h18-19,28H,4-17,20H2,1-3H3. The number of hydrogen-bond acceptors (Lipinski definition) is 5. The minimum atomic E-state index is -1.45. The molecule has 1 atom stereocenters. The number of carbonyl (C=O) groups excluding carboxylic acids is 1. The minimum absolute atomic E-state index is 0.264. The summed E-state index contributed by atoms with van der Waals surface area (Å²) < 4.78 is 16.0. The lowest BCUT2D eigenvalue weighted by molar-refractivity contribution is -0.174. The quantitative estimate of drug-likeness (QED) is 0.235. The van der Waals surface area contributed by atoms with Gasteiger partial charge in [0.2, 0.25) is 5.79 Å². The highest BCUT2D eigenvalue weighted by atomic mass is 16.7. The number of fused-ring (bicyclic) bond motifs is 1. The molecule has 2 rings (SSSR count). The van der Waals surface area contributed by atoms with Gasteiger partial charge in [0.25, 0.3) is 0 Å². The van der Waals surface area contributed by atoms with Crippen molar-refractivity contribution in [2.75, 3.05) is 14.2 Å². The van der Waals surface area contributed by atoms with Gasteiger partial charge in [-0.25, -0.2) is 4.79 Å². The molecule has 1 aliphatic heterocycles. The molecule has 0 fully saturated rings. The first kappa shape index (κ1) is 25.5. The summed E-state index contributed by atoms with van der Waals surface area (Å²) in [6.45, 7) is 2.26. The molecule has 0 amide bonds. The van der Waals surface area contributed by atoms with Gasteiger partial charge < -0.3 is 19.3 Å². The molecule has 0 spiro atoms. The molecule has 0 aliphatic carbocycles. The molecule has 0 bridgehead atoms. The maximum absolute atomic E-state index is 12.5. The first-order valence-electron chi connectivity index (χ1n) is 12.2. The van der Waals surface area contributed by atoms with Crippen LogP contribution in [0.25, 0.3) is 0 Å². The Bertz CT molecular complexity index is 672. The molecule has 5 nitrogen and oxygen atoms in total. The molecule has 0 saturated heterocycles. The van der Waals surface area contributed by atoms with Crippen LogP contribution in [0.15, 0.2) is 12.1 Å². The lowest BCUT2D eigenvalue weighted by Crippen LogP contribution is -2.41. The number of carbonyl (C=O) groups is 1. The third kappa shape index (κ3) is 8.36. The zero-order valence-electron chi connectivity index (χ0n) is 19.8. The highest BCUT2D eigenvalue weighted by molar-refractivity contribution is 5.95. The van der Waals surface area contributed by atoms with Crippen molar-refractivity contribution < 1.29 is 24.1 Å². The van der Waals surface area contributed by atoms with Crippen molar-refractivity contribution in [3.05, 3.63) is 23.3 Å². The van der Waals surface area contributed by atoms with Crippen LogP contribution in [0.5, 0.6) is 11.5 Å². The van der Waals surface area contributed by atoms with Gasteiger partial charge in [0, 0.05) is 18.9 Å². The summed E-state index contributed by atoms with van der Waals surface area (Å²) in [4.78, 5) is 12.5. The second-order valence-electron chi connectivity index (χ2n) is 8.87. The summed E-state index contributed by atoms with van der Waals surface area (Å²) >= 11 is 0. The monoisotopic (exact) mass is 434 g/mol. The molecule has 1 aliphatic rings. The second kappa shape index (κ2) is 13.6. The van der Waals surface area contributed by atoms with Crippen LogP contribution in [-0.4, -0.2) is 31.1 Å². The molecule has 1 N–H and O–H groups in total. The van der Waals surface area contributed by atoms with Crippen molar-refractivity contribution >= 4 is 5.97 Å². The number of methoxy groups -OCH3 is 2. The van der Waals surface area contributed by atoms with Crippen LogP contribution in [0.4, 0.5) is 0 Å². The van der Waals surface area contributed by atoms with Gasteiger partial charge in [-0.15, -0.1) is 0 Å². The van der Waals surface area contributed by atoms with Crippen molar-refractivity contribution in [2.24, 2.45) is 0 Å². The first-order chi connectivity index (χ1) is 15.0. The summed E-state index contributed by atoms with van der Waals surface area (Å²) in [5.41, 5.74) is 1.10. The number of benzene rings is 1. The SMILES string of the molecule is CCCCCCCCCCCCCCCC1(O)Cc2cc(OC)cc(OC)c2C(=O)O1. The fourth-order valence-corrected chi connectivity index (χ4v) is 4.41. The van der Waals surface area contributed by atoms with Crippen molar-refractivity contribution in [2.45, 2.75) is 109 Å². The van der Waals surface area contributed by atoms with Gasteiger partial charge in [-0.2, -0.15) is 0 Å². The summed E-state index contributed by atoms with van der Waals surface area (Å²) in [5.74, 6) is -0.951. The van der Waals surface area contributed by atoms with Crippen LogP contribution >= 0.6 is 0 Å². The van der Waals surface area contributed by atoms with Crippen molar-refractivity contribution in [3.8, 4) is 11.5 Å². The van der Waals surface area contributed by atoms with Gasteiger partial charge in [-0.05, 0) is 18.1 Å². The maximum atomic E-state index is 12.5. The molecule has 5 heteroatoms. The van der Waals surface area contributed by atoms with Crippen molar-refractivity contribution in [3.63, 3.8) is 0 Å². The molecule has 0 radical (unpaired) electrons. The van der Waals surface area contributed by atoms with Crippen LogP contribution in [-0.2, 0) is 11.2 Å². The highest BCUT2D eigenvalue weighted by Crippen LogP contribution is 2.37. The number of esters is 1. The first-order valence-corrected chi connectivity index (χ1v) is 12.2. The van der Waals surface area contributed by atoms with Crippen molar-refractivity contribution in [1.29, 1.82) is 0 Å². The Morgan fingerprint density at radius 1 is 0.871 bits per heavy atom. The van der Waals surface area contributed by atoms with Crippen LogP contribution < -0.4 is 9.47 Å². The highest BCUT2D eigenvalue weighted by Gasteiger charge is 2.40. The fraction of sp³-hybridized carbons (Fsp3) is 0.731. The van der Waals surface area contributed by atoms with Crippen LogP contribution in [0.3, 0.4) is 0 Å². The van der Waals surface area contributed by atoms with Crippen LogP contribution in [0.2, 0.25) is 0 Å². The Morgan fingerprint density at radius 2 is 1.42 bits per heavy atom. The molecule has 1 aromatic rings. The Labute approximate surface area is 188 Å². The average molecular weight is 435 g/mol. The second-order valence-corrected chi connectivity index (χ2v) is 8.87. The number of hydrogen-bond donors (Lipinski definition) is 1. The zero-order valence-corrected chi connectivity index (χ0v) is 19.8. The van der Waals surface area contributed by atoms with Gasteiger partial charge in [0.15, 0.2) is 0 Å². The topological polar surface area (TPSA) is 65.0 Å². The lowest BCUT2D eigenvalue weighted by Gasteiger charge is -2.33. The maximum Gasteiger partial charge on any atom is 0.344 e. The molecule has 1 aromatic carbocycles. The largest absolute Gasteiger partial charge is 0.497 e. The molecule has 1 heterocycles. The third-order valence-corrected chi connectivity index (χ3v) is 6.24. The number of rotatable bonds is 16. The van der Waals surface area contributed by atoms with Gasteiger partial charge in [0.1, 0.15) is 17.1 Å². The smallest absolute Gasteiger partial charge is 0.344 e. The van der Waals surface area contributed by atoms with E-state index < -0.39 is 11.8 Å². The van der Waals surface area contributed by atoms with E-state index >= 15 is 0 Å². The van der Waals surface area contributed by atoms with E-state index in [4.69, 9.17) is 14.2 Å². The Hall–Kier alpha value is -1.75. The number of ether oxygens (including phenoxy) is 3. The van der Waals surface area contributed by atoms with Gasteiger partial charge in [-0.3, -0.25) is 0 Å². The van der Waals surface area contributed by atoms with E-state index in [0.717, 1.165) is 12.8 Å². The van der Waals surface area contributed by atoms with E-state index in [-0.39, 0.29) is 6.42 Å². The van der Waals surface area contributed by atoms with E-state index in [2.05, 4.69) is 6.92 Å². The molecule has 0 aromatic heterocycles. The number of cyclic esters (lactones) is 1. The summed E-state index contributed by atoms with van der Waals surface area (Å²) in [7, 11) is 3.08. The van der Waals surface area contributed by atoms with Crippen LogP contribution in [0, 0.1) is 0 Å². The molecule has 0 saturated carbocycles. The molecule has 176 valence electrons. The summed E-state index contributed by atoms with van der Waals surface area (Å²) in [6, 6.07) is 3.45. The van der Waals surface area contributed by atoms with Gasteiger partial charge in [0.05, 0.1) is 14.2 Å². The number of unbranched alkanes of at least 4 members (excludes halogenated alkanes) is 12. The Balaban J connectivity index is 1.64. The molecule has 31 heavy (non-hydrogen) atoms. The predicted molar refractivity (Wildman–Crippen MR) is 124 cm³/mol. The normalized spacial score (nSPS) is 17.9. The van der Waals surface area contributed by atoms with E-state index in [1.807, 2.05) is 0 Å². The van der Waals surface area contributed by atoms with E-state index in [1.165, 1.54) is 77.7 Å². The summed E-state index contributed by atoms with van der Waals surface area (Å²) in [5, 5.41) is 10.9. The van der Waals surface area contributed by atoms with Gasteiger partial charge in [-0.1, -0.05) is 84.0 Å². The third-order valence-electron chi connectivity index (χ3n) is 6.24. The summed E-state index contributed by atoms with van der Waals surface area (Å²) in [6.07, 6.45) is 17.2. The Morgan fingerprint density at radius 3 is 1.94 bits per heavy atom. The average Bonchev–Trinajstić information content (AvgIpc) is 2.75. The van der Waals surface area contributed by atoms with Crippen LogP contribution in [0.1, 0.15) is 113 Å². The number of aliphatic hydroxyl groups is 1. The zero-order chi connectivity index (χ0) is 22.5. The van der Waals surface area contributed by atoms with E-state index in [0.29, 0.717) is 29.0 Å². The lowest BCUT2D eigenvalue weighted by atomic mass is 9.92. The molecule has 1 unspecified atom stereocenters. The molecular formula is C26H42O5. The van der Waals surface area contributed by atoms with E-state index in [1.54, 1.807) is 19.2 Å². The predicted octanol–water partition coefficient (Wildman–Crippen LogP) is 6.59. The minimum Gasteiger partial charge on any atom is -0.497 e. The van der Waals surface area contributed by atoms with Crippen molar-refractivity contribution in [1.82, 2.24) is 0 Å². The van der Waals surface area contributed by atoms with E-state index in [9.17, 15) is 9.90 Å².